The summed E-state index contributed by atoms with van der Waals surface area (Å²) < 4.78 is 24.7. The lowest BCUT2D eigenvalue weighted by atomic mass is 10.1. The number of amides is 1. The van der Waals surface area contributed by atoms with Gasteiger partial charge in [-0.3, -0.25) is 10.0 Å². The summed E-state index contributed by atoms with van der Waals surface area (Å²) in [5.41, 5.74) is -0.170. The quantitative estimate of drug-likeness (QED) is 0.631. The molecule has 0 spiro atoms. The van der Waals surface area contributed by atoms with Gasteiger partial charge in [0, 0.05) is 13.0 Å². The lowest BCUT2D eigenvalue weighted by Gasteiger charge is -2.35. The van der Waals surface area contributed by atoms with Gasteiger partial charge in [0.05, 0.1) is 24.9 Å². The zero-order valence-corrected chi connectivity index (χ0v) is 15.8. The van der Waals surface area contributed by atoms with Crippen molar-refractivity contribution in [3.05, 3.63) is 29.8 Å². The van der Waals surface area contributed by atoms with Gasteiger partial charge >= 0.3 is 12.1 Å². The van der Waals surface area contributed by atoms with E-state index < -0.39 is 29.9 Å². The van der Waals surface area contributed by atoms with Gasteiger partial charge in [-0.25, -0.2) is 14.0 Å². The minimum atomic E-state index is -1.37. The second kappa shape index (κ2) is 8.53. The first kappa shape index (κ1) is 20.9. The van der Waals surface area contributed by atoms with E-state index in [9.17, 15) is 19.2 Å². The Morgan fingerprint density at radius 1 is 1.26 bits per heavy atom. The van der Waals surface area contributed by atoms with Crippen molar-refractivity contribution < 1.29 is 33.5 Å². The molecule has 2 atom stereocenters. The van der Waals surface area contributed by atoms with Crippen LogP contribution in [0.25, 0.3) is 0 Å². The van der Waals surface area contributed by atoms with Crippen molar-refractivity contribution in [1.29, 1.82) is 0 Å². The Bertz CT molecular complexity index is 661. The molecule has 1 saturated heterocycles. The number of hydrogen-bond acceptors (Lipinski definition) is 7. The molecule has 1 fully saturated rings. The number of alkyl halides is 1. The van der Waals surface area contributed by atoms with Crippen molar-refractivity contribution >= 4 is 17.7 Å². The molecule has 0 aromatic heterocycles. The summed E-state index contributed by atoms with van der Waals surface area (Å²) in [6.45, 7) is 5.34. The molecule has 9 heteroatoms. The number of carbonyl (C=O) groups excluding carboxylic acids is 2. The highest BCUT2D eigenvalue weighted by molar-refractivity contribution is 5.90. The molecule has 1 N–H and O–H groups in total. The lowest BCUT2D eigenvalue weighted by Crippen LogP contribution is -2.50. The van der Waals surface area contributed by atoms with Crippen LogP contribution < -0.4 is 5.23 Å². The fourth-order valence-corrected chi connectivity index (χ4v) is 2.53. The number of likely N-dealkylation sites (tertiary alicyclic amines) is 1. The average Bonchev–Trinajstić information content (AvgIpc) is 2.61. The number of esters is 1. The molecular weight excluding hydrogens is 359 g/mol. The Morgan fingerprint density at radius 3 is 2.44 bits per heavy atom. The number of hydrogen-bond donors (Lipinski definition) is 1. The van der Waals surface area contributed by atoms with Crippen molar-refractivity contribution in [3.8, 4) is 0 Å². The highest BCUT2D eigenvalue weighted by atomic mass is 19.1. The van der Waals surface area contributed by atoms with E-state index in [1.807, 2.05) is 0 Å². The van der Waals surface area contributed by atoms with Gasteiger partial charge in [0.1, 0.15) is 11.8 Å². The summed E-state index contributed by atoms with van der Waals surface area (Å²) in [6, 6.07) is 5.73. The lowest BCUT2D eigenvalue weighted by molar-refractivity contribution is -0.0375. The van der Waals surface area contributed by atoms with Crippen molar-refractivity contribution in [2.24, 2.45) is 0 Å². The molecule has 1 aromatic rings. The van der Waals surface area contributed by atoms with Crippen LogP contribution in [0, 0.1) is 0 Å². The maximum absolute atomic E-state index is 14.2. The highest BCUT2D eigenvalue weighted by Crippen LogP contribution is 2.22. The van der Waals surface area contributed by atoms with Gasteiger partial charge in [-0.05, 0) is 45.0 Å². The number of benzene rings is 1. The fourth-order valence-electron chi connectivity index (χ4n) is 2.53. The predicted octanol–water partition coefficient (Wildman–Crippen LogP) is 2.95. The number of halogens is 1. The van der Waals surface area contributed by atoms with Crippen LogP contribution in [-0.2, 0) is 14.3 Å². The Balaban J connectivity index is 1.99. The van der Waals surface area contributed by atoms with Crippen LogP contribution in [-0.4, -0.2) is 60.2 Å². The van der Waals surface area contributed by atoms with Crippen LogP contribution in [0.2, 0.25) is 0 Å². The molecule has 1 aliphatic heterocycles. The first-order valence-electron chi connectivity index (χ1n) is 8.57. The number of nitrogens with zero attached hydrogens (tertiary/aromatic N) is 2. The molecule has 8 nitrogen and oxygen atoms in total. The normalized spacial score (nSPS) is 20.1. The number of rotatable bonds is 4. The third-order valence-electron chi connectivity index (χ3n) is 3.89. The first-order chi connectivity index (χ1) is 12.6. The monoisotopic (exact) mass is 384 g/mol. The fraction of sp³-hybridized carbons (Fsp3) is 0.556. The molecule has 0 radical (unpaired) electrons. The Hall–Kier alpha value is -2.39. The third-order valence-corrected chi connectivity index (χ3v) is 3.89. The predicted molar refractivity (Wildman–Crippen MR) is 94.2 cm³/mol. The van der Waals surface area contributed by atoms with E-state index in [0.717, 1.165) is 0 Å². The van der Waals surface area contributed by atoms with Crippen LogP contribution in [0.3, 0.4) is 0 Å². The summed E-state index contributed by atoms with van der Waals surface area (Å²) in [4.78, 5) is 30.4. The van der Waals surface area contributed by atoms with Crippen LogP contribution in [0.4, 0.5) is 14.9 Å². The molecule has 0 aliphatic carbocycles. The number of piperidine rings is 1. The summed E-state index contributed by atoms with van der Waals surface area (Å²) >= 11 is 0. The number of anilines is 1. The van der Waals surface area contributed by atoms with Gasteiger partial charge in [0.15, 0.2) is 6.10 Å². The average molecular weight is 384 g/mol. The maximum Gasteiger partial charge on any atom is 0.410 e. The maximum atomic E-state index is 14.2. The zero-order chi connectivity index (χ0) is 20.2. The Kier molecular flexibility index (Phi) is 6.61. The third kappa shape index (κ3) is 5.80. The number of ether oxygens (including phenoxy) is 2. The smallest absolute Gasteiger partial charge is 0.410 e. The van der Waals surface area contributed by atoms with Crippen molar-refractivity contribution in [3.63, 3.8) is 0 Å². The van der Waals surface area contributed by atoms with E-state index >= 15 is 0 Å². The highest BCUT2D eigenvalue weighted by Gasteiger charge is 2.36. The zero-order valence-electron chi connectivity index (χ0n) is 15.8. The summed E-state index contributed by atoms with van der Waals surface area (Å²) in [6.07, 6.45) is -2.95. The van der Waals surface area contributed by atoms with E-state index in [2.05, 4.69) is 4.84 Å². The summed E-state index contributed by atoms with van der Waals surface area (Å²) in [7, 11) is 1.28. The molecular formula is C18H25FN2O6. The summed E-state index contributed by atoms with van der Waals surface area (Å²) in [5.74, 6) is -0.720. The first-order valence-corrected chi connectivity index (χ1v) is 8.57. The topological polar surface area (TPSA) is 88.5 Å². The van der Waals surface area contributed by atoms with E-state index in [-0.39, 0.29) is 25.1 Å². The Morgan fingerprint density at radius 2 is 1.89 bits per heavy atom. The minimum Gasteiger partial charge on any atom is -0.454 e. The molecule has 2 rings (SSSR count). The van der Waals surface area contributed by atoms with Crippen LogP contribution >= 0.6 is 0 Å². The molecule has 150 valence electrons. The molecule has 1 aliphatic rings. The standard InChI is InChI=1S/C18H25FN2O6/c1-18(2,3)27-17(23)20-10-9-14(19)15(11-20)26-16(22)12-5-7-13(8-6-12)21(24)25-4/h5-8,14-15,24H,9-11H2,1-4H3. The van der Waals surface area contributed by atoms with E-state index in [4.69, 9.17) is 9.47 Å². The molecule has 1 heterocycles. The molecule has 1 amide bonds. The molecule has 1 aromatic carbocycles. The van der Waals surface area contributed by atoms with E-state index in [1.54, 1.807) is 20.8 Å². The van der Waals surface area contributed by atoms with Crippen molar-refractivity contribution in [2.45, 2.75) is 45.1 Å². The van der Waals surface area contributed by atoms with Crippen LogP contribution in [0.5, 0.6) is 0 Å². The van der Waals surface area contributed by atoms with Gasteiger partial charge in [0.2, 0.25) is 0 Å². The van der Waals surface area contributed by atoms with Crippen LogP contribution in [0.1, 0.15) is 37.6 Å². The molecule has 0 saturated carbocycles. The van der Waals surface area contributed by atoms with Crippen molar-refractivity contribution in [1.82, 2.24) is 4.90 Å². The van der Waals surface area contributed by atoms with Gasteiger partial charge in [-0.15, -0.1) is 5.23 Å². The second-order valence-electron chi connectivity index (χ2n) is 7.18. The number of carbonyl (C=O) groups is 2. The van der Waals surface area contributed by atoms with Gasteiger partial charge < -0.3 is 14.4 Å². The van der Waals surface area contributed by atoms with E-state index in [0.29, 0.717) is 10.9 Å². The van der Waals surface area contributed by atoms with Crippen LogP contribution in [0.15, 0.2) is 24.3 Å². The van der Waals surface area contributed by atoms with Gasteiger partial charge in [-0.1, -0.05) is 0 Å². The molecule has 27 heavy (non-hydrogen) atoms. The minimum absolute atomic E-state index is 0.0590. The summed E-state index contributed by atoms with van der Waals surface area (Å²) in [5, 5.41) is 9.95. The molecule has 2 unspecified atom stereocenters. The van der Waals surface area contributed by atoms with E-state index in [1.165, 1.54) is 36.3 Å². The Labute approximate surface area is 157 Å². The van der Waals surface area contributed by atoms with Gasteiger partial charge in [0.25, 0.3) is 0 Å². The largest absolute Gasteiger partial charge is 0.454 e. The van der Waals surface area contributed by atoms with Gasteiger partial charge in [-0.2, -0.15) is 0 Å². The van der Waals surface area contributed by atoms with Crippen molar-refractivity contribution in [2.75, 3.05) is 25.4 Å². The second-order valence-corrected chi connectivity index (χ2v) is 7.18. The SMILES string of the molecule is CON(O)c1ccc(C(=O)OC2CN(C(=O)OC(C)(C)C)CCC2F)cc1. The molecule has 0 bridgehead atoms.